The van der Waals surface area contributed by atoms with Gasteiger partial charge in [0.05, 0.1) is 12.5 Å². The van der Waals surface area contributed by atoms with Gasteiger partial charge in [0, 0.05) is 25.1 Å². The highest BCUT2D eigenvalue weighted by atomic mass is 16.5. The first-order valence-electron chi connectivity index (χ1n) is 9.16. The van der Waals surface area contributed by atoms with Crippen molar-refractivity contribution < 1.29 is 19.0 Å². The van der Waals surface area contributed by atoms with Crippen molar-refractivity contribution in [2.45, 2.75) is 49.3 Å². The largest absolute Gasteiger partial charge is 0.493 e. The van der Waals surface area contributed by atoms with Crippen molar-refractivity contribution in [1.82, 2.24) is 4.90 Å². The molecule has 4 aliphatic rings. The molecule has 1 saturated carbocycles. The lowest BCUT2D eigenvalue weighted by molar-refractivity contribution is -0.219. The van der Waals surface area contributed by atoms with Gasteiger partial charge < -0.3 is 19.1 Å². The first kappa shape index (κ1) is 15.6. The summed E-state index contributed by atoms with van der Waals surface area (Å²) in [5, 5.41) is 0. The summed E-state index contributed by atoms with van der Waals surface area (Å²) in [5.41, 5.74) is 1.67. The van der Waals surface area contributed by atoms with Crippen LogP contribution in [-0.2, 0) is 21.4 Å². The number of benzene rings is 1. The molecule has 5 rings (SSSR count). The van der Waals surface area contributed by atoms with Crippen molar-refractivity contribution >= 4 is 5.78 Å². The maximum absolute atomic E-state index is 13.0. The molecule has 0 radical (unpaired) electrons. The van der Waals surface area contributed by atoms with Crippen LogP contribution in [0.4, 0.5) is 0 Å². The fourth-order valence-corrected chi connectivity index (χ4v) is 6.58. The Morgan fingerprint density at radius 1 is 1.28 bits per heavy atom. The quantitative estimate of drug-likeness (QED) is 0.821. The van der Waals surface area contributed by atoms with Crippen molar-refractivity contribution in [1.29, 1.82) is 0 Å². The topological polar surface area (TPSA) is 48.0 Å². The zero-order chi connectivity index (χ0) is 17.6. The average Bonchev–Trinajstić information content (AvgIpc) is 2.96. The molecule has 1 aromatic rings. The second kappa shape index (κ2) is 4.77. The summed E-state index contributed by atoms with van der Waals surface area (Å²) in [6.45, 7) is 3.13. The molecule has 1 aromatic carbocycles. The van der Waals surface area contributed by atoms with Crippen LogP contribution in [0.5, 0.6) is 11.5 Å². The minimum absolute atomic E-state index is 0.155. The highest BCUT2D eigenvalue weighted by Gasteiger charge is 2.75. The predicted octanol–water partition coefficient (Wildman–Crippen LogP) is 1.95. The standard InChI is InChI=1S/C20H25NO4/c1-11-9-13(22)18-19-7-8-21(2)15(20(11,19)24-4)10-12-5-6-14(23-3)17(25-18)16(12)19/h5-6,11,15,18H,7-10H2,1-4H3/t11-,15-,18?,19-,20-/m1/s1. The Labute approximate surface area is 148 Å². The van der Waals surface area contributed by atoms with Gasteiger partial charge in [-0.2, -0.15) is 0 Å². The number of methoxy groups -OCH3 is 2. The minimum atomic E-state index is -0.454. The molecule has 1 spiro atoms. The number of carbonyl (C=O) groups excluding carboxylic acids is 1. The molecule has 0 aromatic heterocycles. The van der Waals surface area contributed by atoms with E-state index in [0.29, 0.717) is 6.42 Å². The van der Waals surface area contributed by atoms with E-state index in [-0.39, 0.29) is 17.7 Å². The van der Waals surface area contributed by atoms with Crippen LogP contribution in [0, 0.1) is 5.92 Å². The highest BCUT2D eigenvalue weighted by molar-refractivity contribution is 5.90. The number of likely N-dealkylation sites (N-methyl/N-ethyl adjacent to an activating group) is 1. The smallest absolute Gasteiger partial charge is 0.174 e. The molecule has 5 atom stereocenters. The van der Waals surface area contributed by atoms with Gasteiger partial charge in [0.25, 0.3) is 0 Å². The van der Waals surface area contributed by atoms with Crippen LogP contribution in [0.3, 0.4) is 0 Å². The van der Waals surface area contributed by atoms with Crippen LogP contribution in [-0.4, -0.2) is 56.2 Å². The number of Topliss-reactive ketones (excluding diaryl/α,β-unsaturated/α-hetero) is 1. The molecule has 0 amide bonds. The van der Waals surface area contributed by atoms with Gasteiger partial charge >= 0.3 is 0 Å². The van der Waals surface area contributed by atoms with E-state index >= 15 is 0 Å². The number of ether oxygens (including phenoxy) is 3. The van der Waals surface area contributed by atoms with Gasteiger partial charge in [0.2, 0.25) is 0 Å². The molecule has 2 bridgehead atoms. The van der Waals surface area contributed by atoms with Crippen molar-refractivity contribution in [2.75, 3.05) is 27.8 Å². The zero-order valence-electron chi connectivity index (χ0n) is 15.3. The third kappa shape index (κ3) is 1.48. The molecular weight excluding hydrogens is 318 g/mol. The molecule has 2 aliphatic carbocycles. The van der Waals surface area contributed by atoms with Gasteiger partial charge in [-0.25, -0.2) is 0 Å². The summed E-state index contributed by atoms with van der Waals surface area (Å²) >= 11 is 0. The zero-order valence-corrected chi connectivity index (χ0v) is 15.3. The molecule has 2 aliphatic heterocycles. The van der Waals surface area contributed by atoms with Crippen molar-refractivity contribution in [2.24, 2.45) is 5.92 Å². The molecule has 2 heterocycles. The summed E-state index contributed by atoms with van der Waals surface area (Å²) in [7, 11) is 5.66. The van der Waals surface area contributed by atoms with E-state index in [1.807, 2.05) is 13.2 Å². The lowest BCUT2D eigenvalue weighted by atomic mass is 9.46. The summed E-state index contributed by atoms with van der Waals surface area (Å²) in [6.07, 6.45) is 1.86. The monoisotopic (exact) mass is 343 g/mol. The van der Waals surface area contributed by atoms with E-state index in [4.69, 9.17) is 14.2 Å². The predicted molar refractivity (Wildman–Crippen MR) is 92.4 cm³/mol. The van der Waals surface area contributed by atoms with Crippen LogP contribution in [0.2, 0.25) is 0 Å². The Morgan fingerprint density at radius 2 is 2.08 bits per heavy atom. The summed E-state index contributed by atoms with van der Waals surface area (Å²) in [4.78, 5) is 15.5. The number of hydrogen-bond acceptors (Lipinski definition) is 5. The van der Waals surface area contributed by atoms with Gasteiger partial charge in [0.15, 0.2) is 23.4 Å². The third-order valence-electron chi connectivity index (χ3n) is 7.42. The van der Waals surface area contributed by atoms with E-state index < -0.39 is 17.1 Å². The van der Waals surface area contributed by atoms with Gasteiger partial charge in [-0.15, -0.1) is 0 Å². The van der Waals surface area contributed by atoms with E-state index in [0.717, 1.165) is 30.9 Å². The SMILES string of the molecule is COc1ccc2c3c1OC1C(=O)C[C@@H](C)[C@@]4(OC)[C@@H](C2)N(C)CC[C@@]314. The molecule has 1 unspecified atom stereocenters. The number of likely N-dealkylation sites (tertiary alicyclic amines) is 1. The Kier molecular flexibility index (Phi) is 2.99. The molecule has 0 N–H and O–H groups in total. The minimum Gasteiger partial charge on any atom is -0.493 e. The molecule has 5 heteroatoms. The number of rotatable bonds is 2. The maximum Gasteiger partial charge on any atom is 0.174 e. The molecule has 5 nitrogen and oxygen atoms in total. The third-order valence-corrected chi connectivity index (χ3v) is 7.42. The van der Waals surface area contributed by atoms with Crippen molar-refractivity contribution in [3.8, 4) is 11.5 Å². The van der Waals surface area contributed by atoms with Gasteiger partial charge in [0.1, 0.15) is 5.60 Å². The summed E-state index contributed by atoms with van der Waals surface area (Å²) < 4.78 is 18.3. The second-order valence-corrected chi connectivity index (χ2v) is 8.12. The molecule has 134 valence electrons. The number of piperidine rings is 1. The van der Waals surface area contributed by atoms with Gasteiger partial charge in [-0.3, -0.25) is 4.79 Å². The Bertz CT molecular complexity index is 777. The summed E-state index contributed by atoms with van der Waals surface area (Å²) in [5.74, 6) is 1.86. The van der Waals surface area contributed by atoms with E-state index in [1.54, 1.807) is 7.11 Å². The van der Waals surface area contributed by atoms with E-state index in [9.17, 15) is 4.79 Å². The average molecular weight is 343 g/mol. The second-order valence-electron chi connectivity index (χ2n) is 8.12. The Morgan fingerprint density at radius 3 is 2.80 bits per heavy atom. The lowest BCUT2D eigenvalue weighted by Crippen LogP contribution is -2.79. The van der Waals surface area contributed by atoms with Crippen LogP contribution in [0.25, 0.3) is 0 Å². The van der Waals surface area contributed by atoms with Crippen LogP contribution in [0.15, 0.2) is 12.1 Å². The first-order chi connectivity index (χ1) is 12.0. The molecule has 2 fully saturated rings. The summed E-state index contributed by atoms with van der Waals surface area (Å²) in [6, 6.07) is 4.39. The maximum atomic E-state index is 13.0. The first-order valence-corrected chi connectivity index (χ1v) is 9.16. The fourth-order valence-electron chi connectivity index (χ4n) is 6.58. The number of nitrogens with zero attached hydrogens (tertiary/aromatic N) is 1. The Balaban J connectivity index is 1.88. The van der Waals surface area contributed by atoms with E-state index in [2.05, 4.69) is 24.9 Å². The van der Waals surface area contributed by atoms with Crippen molar-refractivity contribution in [3.63, 3.8) is 0 Å². The number of ketones is 1. The lowest BCUT2D eigenvalue weighted by Gasteiger charge is -2.65. The van der Waals surface area contributed by atoms with Crippen LogP contribution in [0.1, 0.15) is 30.9 Å². The number of carbonyl (C=O) groups is 1. The van der Waals surface area contributed by atoms with Gasteiger partial charge in [-0.05, 0) is 44.0 Å². The Hall–Kier alpha value is -1.59. The highest BCUT2D eigenvalue weighted by Crippen LogP contribution is 2.66. The van der Waals surface area contributed by atoms with Gasteiger partial charge in [-0.1, -0.05) is 13.0 Å². The molecule has 1 saturated heterocycles. The van der Waals surface area contributed by atoms with Crippen LogP contribution < -0.4 is 9.47 Å². The van der Waals surface area contributed by atoms with Crippen molar-refractivity contribution in [3.05, 3.63) is 23.3 Å². The van der Waals surface area contributed by atoms with Crippen LogP contribution >= 0.6 is 0 Å². The molecule has 25 heavy (non-hydrogen) atoms. The number of hydrogen-bond donors (Lipinski definition) is 0. The molecular formula is C20H25NO4. The fraction of sp³-hybridized carbons (Fsp3) is 0.650. The van der Waals surface area contributed by atoms with E-state index in [1.165, 1.54) is 11.1 Å². The normalized spacial score (nSPS) is 41.3.